The lowest BCUT2D eigenvalue weighted by atomic mass is 10.0. The van der Waals surface area contributed by atoms with Crippen LogP contribution in [-0.2, 0) is 0 Å². The third-order valence-electron chi connectivity index (χ3n) is 6.22. The van der Waals surface area contributed by atoms with E-state index in [4.69, 9.17) is 4.42 Å². The molecule has 3 heteroatoms. The van der Waals surface area contributed by atoms with Gasteiger partial charge in [-0.15, -0.1) is 0 Å². The lowest BCUT2D eigenvalue weighted by Gasteiger charge is -2.08. The van der Waals surface area contributed by atoms with Crippen LogP contribution in [0.3, 0.4) is 0 Å². The molecule has 0 fully saturated rings. The molecule has 0 radical (unpaired) electrons. The Balaban J connectivity index is 1.56. The molecule has 0 spiro atoms. The van der Waals surface area contributed by atoms with Gasteiger partial charge in [-0.3, -0.25) is 4.57 Å². The fourth-order valence-corrected chi connectivity index (χ4v) is 4.64. The van der Waals surface area contributed by atoms with Crippen molar-refractivity contribution in [3.05, 3.63) is 115 Å². The highest BCUT2D eigenvalue weighted by atomic mass is 16.3. The fourth-order valence-electron chi connectivity index (χ4n) is 4.64. The summed E-state index contributed by atoms with van der Waals surface area (Å²) < 4.78 is 8.18. The van der Waals surface area contributed by atoms with Gasteiger partial charge in [0.2, 0.25) is 0 Å². The summed E-state index contributed by atoms with van der Waals surface area (Å²) in [5.74, 6) is 0.882. The summed E-state index contributed by atoms with van der Waals surface area (Å²) in [5.41, 5.74) is 7.45. The monoisotopic (exact) mass is 426 g/mol. The van der Waals surface area contributed by atoms with E-state index in [2.05, 4.69) is 83.7 Å². The number of aromatic nitrogens is 2. The SMILES string of the molecule is C=Cc1c(/C=C(\C)c2ccc3oc4ccccc4c3c2)c2ccccc2n1-c1ccccn1. The normalized spacial score (nSPS) is 12.1. The standard InChI is InChI=1S/C30H22N2O/c1-3-26-24(22-10-4-6-12-27(22)32(26)30-14-8-9-17-31-30)18-20(2)21-15-16-29-25(19-21)23-11-5-7-13-28(23)33-29/h3-19H,1H2,2H3/b20-18+. The molecule has 158 valence electrons. The second-order valence-corrected chi connectivity index (χ2v) is 8.18. The molecule has 0 aliphatic carbocycles. The van der Waals surface area contributed by atoms with Gasteiger partial charge < -0.3 is 4.42 Å². The van der Waals surface area contributed by atoms with Crippen molar-refractivity contribution in [3.63, 3.8) is 0 Å². The summed E-state index contributed by atoms with van der Waals surface area (Å²) in [6.45, 7) is 6.29. The molecule has 0 aliphatic rings. The van der Waals surface area contributed by atoms with Crippen molar-refractivity contribution in [2.24, 2.45) is 0 Å². The first kappa shape index (κ1) is 19.3. The van der Waals surface area contributed by atoms with Crippen molar-refractivity contribution < 1.29 is 4.42 Å². The maximum absolute atomic E-state index is 6.01. The van der Waals surface area contributed by atoms with Crippen LogP contribution in [0.25, 0.3) is 56.4 Å². The third kappa shape index (κ3) is 3.09. The van der Waals surface area contributed by atoms with Gasteiger partial charge in [0.05, 0.1) is 11.2 Å². The van der Waals surface area contributed by atoms with Gasteiger partial charge in [0.25, 0.3) is 0 Å². The predicted octanol–water partition coefficient (Wildman–Crippen LogP) is 8.13. The van der Waals surface area contributed by atoms with Crippen molar-refractivity contribution in [1.82, 2.24) is 9.55 Å². The van der Waals surface area contributed by atoms with E-state index < -0.39 is 0 Å². The lowest BCUT2D eigenvalue weighted by Crippen LogP contribution is -1.99. The minimum atomic E-state index is 0.882. The average Bonchev–Trinajstić information content (AvgIpc) is 3.39. The Morgan fingerprint density at radius 3 is 2.42 bits per heavy atom. The number of fused-ring (bicyclic) bond motifs is 4. The molecular weight excluding hydrogens is 404 g/mol. The first-order chi connectivity index (χ1) is 16.2. The van der Waals surface area contributed by atoms with Crippen LogP contribution in [0.2, 0.25) is 0 Å². The first-order valence-corrected chi connectivity index (χ1v) is 11.0. The highest BCUT2D eigenvalue weighted by molar-refractivity contribution is 6.06. The van der Waals surface area contributed by atoms with Crippen LogP contribution in [0.15, 0.2) is 102 Å². The van der Waals surface area contributed by atoms with Gasteiger partial charge in [0, 0.05) is 27.9 Å². The molecule has 0 N–H and O–H groups in total. The molecule has 3 aromatic carbocycles. The zero-order chi connectivity index (χ0) is 22.4. The van der Waals surface area contributed by atoms with E-state index in [0.29, 0.717) is 0 Å². The van der Waals surface area contributed by atoms with Crippen molar-refractivity contribution in [2.45, 2.75) is 6.92 Å². The Morgan fingerprint density at radius 1 is 0.848 bits per heavy atom. The van der Waals surface area contributed by atoms with Crippen LogP contribution in [0, 0.1) is 0 Å². The fraction of sp³-hybridized carbons (Fsp3) is 0.0333. The molecule has 0 atom stereocenters. The molecular formula is C30H22N2O. The van der Waals surface area contributed by atoms with Gasteiger partial charge in [0.1, 0.15) is 17.0 Å². The third-order valence-corrected chi connectivity index (χ3v) is 6.22. The molecule has 3 heterocycles. The number of furan rings is 1. The number of nitrogens with zero attached hydrogens (tertiary/aromatic N) is 2. The van der Waals surface area contributed by atoms with E-state index >= 15 is 0 Å². The van der Waals surface area contributed by atoms with Crippen LogP contribution in [-0.4, -0.2) is 9.55 Å². The number of rotatable bonds is 4. The Bertz CT molecular complexity index is 1680. The molecule has 3 nitrogen and oxygen atoms in total. The zero-order valence-corrected chi connectivity index (χ0v) is 18.3. The minimum absolute atomic E-state index is 0.882. The second kappa shape index (κ2) is 7.64. The van der Waals surface area contributed by atoms with E-state index in [1.165, 1.54) is 16.5 Å². The van der Waals surface area contributed by atoms with Crippen LogP contribution < -0.4 is 0 Å². The van der Waals surface area contributed by atoms with E-state index in [0.717, 1.165) is 44.5 Å². The smallest absolute Gasteiger partial charge is 0.137 e. The van der Waals surface area contributed by atoms with E-state index in [-0.39, 0.29) is 0 Å². The maximum Gasteiger partial charge on any atom is 0.137 e. The van der Waals surface area contributed by atoms with Gasteiger partial charge in [-0.05, 0) is 66.6 Å². The summed E-state index contributed by atoms with van der Waals surface area (Å²) in [5, 5.41) is 3.45. The van der Waals surface area contributed by atoms with Crippen molar-refractivity contribution in [1.29, 1.82) is 0 Å². The quantitative estimate of drug-likeness (QED) is 0.285. The van der Waals surface area contributed by atoms with Gasteiger partial charge in [-0.25, -0.2) is 4.98 Å². The van der Waals surface area contributed by atoms with E-state index in [9.17, 15) is 0 Å². The molecule has 0 saturated carbocycles. The van der Waals surface area contributed by atoms with Crippen molar-refractivity contribution in [3.8, 4) is 5.82 Å². The highest BCUT2D eigenvalue weighted by Crippen LogP contribution is 2.35. The molecule has 0 amide bonds. The van der Waals surface area contributed by atoms with Gasteiger partial charge in [-0.1, -0.05) is 55.1 Å². The Kier molecular flexibility index (Phi) is 4.48. The first-order valence-electron chi connectivity index (χ1n) is 11.0. The number of benzene rings is 3. The van der Waals surface area contributed by atoms with Gasteiger partial charge in [0.15, 0.2) is 0 Å². The Morgan fingerprint density at radius 2 is 1.61 bits per heavy atom. The second-order valence-electron chi connectivity index (χ2n) is 8.18. The summed E-state index contributed by atoms with van der Waals surface area (Å²) in [4.78, 5) is 4.60. The van der Waals surface area contributed by atoms with E-state index in [1.54, 1.807) is 0 Å². The summed E-state index contributed by atoms with van der Waals surface area (Å²) in [6, 6.07) is 29.0. The number of para-hydroxylation sites is 2. The van der Waals surface area contributed by atoms with Crippen molar-refractivity contribution >= 4 is 50.6 Å². The minimum Gasteiger partial charge on any atom is -0.456 e. The average molecular weight is 427 g/mol. The Labute approximate surface area is 191 Å². The summed E-state index contributed by atoms with van der Waals surface area (Å²) in [7, 11) is 0. The number of hydrogen-bond donors (Lipinski definition) is 0. The largest absolute Gasteiger partial charge is 0.456 e. The maximum atomic E-state index is 6.01. The van der Waals surface area contributed by atoms with E-state index in [1.807, 2.05) is 42.6 Å². The van der Waals surface area contributed by atoms with Crippen LogP contribution in [0.5, 0.6) is 0 Å². The molecule has 6 aromatic rings. The lowest BCUT2D eigenvalue weighted by molar-refractivity contribution is 0.669. The molecule has 3 aromatic heterocycles. The van der Waals surface area contributed by atoms with Crippen LogP contribution >= 0.6 is 0 Å². The molecule has 0 bridgehead atoms. The van der Waals surface area contributed by atoms with Gasteiger partial charge >= 0.3 is 0 Å². The number of pyridine rings is 1. The summed E-state index contributed by atoms with van der Waals surface area (Å²) in [6.07, 6.45) is 5.99. The van der Waals surface area contributed by atoms with Crippen LogP contribution in [0.4, 0.5) is 0 Å². The van der Waals surface area contributed by atoms with Crippen molar-refractivity contribution in [2.75, 3.05) is 0 Å². The van der Waals surface area contributed by atoms with Crippen LogP contribution in [0.1, 0.15) is 23.7 Å². The zero-order valence-electron chi connectivity index (χ0n) is 18.3. The topological polar surface area (TPSA) is 31.0 Å². The number of allylic oxidation sites excluding steroid dienone is 1. The Hall–Kier alpha value is -4.37. The molecule has 33 heavy (non-hydrogen) atoms. The molecule has 6 rings (SSSR count). The summed E-state index contributed by atoms with van der Waals surface area (Å²) >= 11 is 0. The number of hydrogen-bond acceptors (Lipinski definition) is 2. The van der Waals surface area contributed by atoms with Gasteiger partial charge in [-0.2, -0.15) is 0 Å². The highest BCUT2D eigenvalue weighted by Gasteiger charge is 2.16. The molecule has 0 unspecified atom stereocenters. The predicted molar refractivity (Wildman–Crippen MR) is 138 cm³/mol. The molecule has 0 aliphatic heterocycles. The molecule has 0 saturated heterocycles.